The van der Waals surface area contributed by atoms with Crippen LogP contribution in [-0.4, -0.2) is 9.97 Å². The molecular formula is C40H26N4Pt. The van der Waals surface area contributed by atoms with Crippen LogP contribution >= 0.6 is 0 Å². The van der Waals surface area contributed by atoms with Gasteiger partial charge in [0.05, 0.1) is 23.3 Å². The number of nitriles is 2. The average molecular weight is 758 g/mol. The van der Waals surface area contributed by atoms with Gasteiger partial charge in [-0.3, -0.25) is 9.97 Å². The number of rotatable bonds is 2. The molecule has 0 atom stereocenters. The van der Waals surface area contributed by atoms with Crippen LogP contribution in [0, 0.1) is 34.8 Å². The van der Waals surface area contributed by atoms with E-state index >= 15 is 0 Å². The molecule has 0 saturated heterocycles. The third-order valence-corrected chi connectivity index (χ3v) is 7.87. The van der Waals surface area contributed by atoms with E-state index in [1.54, 1.807) is 0 Å². The van der Waals surface area contributed by atoms with Crippen molar-refractivity contribution in [3.63, 3.8) is 0 Å². The SMILES string of the molecule is N#Cc1ccc(-c2cc3[c-]c(c2)Cc2cccc(n2)Cc2cccc(n2)Cc2[c-]c(cc(-c4ccc(C#N)cc4)c2)C3)cc1.[Pt+2]. The van der Waals surface area contributed by atoms with Crippen LogP contribution in [0.15, 0.2) is 109 Å². The van der Waals surface area contributed by atoms with E-state index in [4.69, 9.17) is 9.97 Å². The van der Waals surface area contributed by atoms with Gasteiger partial charge < -0.3 is 0 Å². The number of nitrogens with zero attached hydrogens (tertiary/aromatic N) is 4. The van der Waals surface area contributed by atoms with Crippen molar-refractivity contribution in [3.05, 3.63) is 177 Å². The first-order chi connectivity index (χ1) is 21.6. The summed E-state index contributed by atoms with van der Waals surface area (Å²) in [6, 6.07) is 48.4. The minimum absolute atomic E-state index is 0. The van der Waals surface area contributed by atoms with Crippen molar-refractivity contribution in [2.75, 3.05) is 0 Å². The number of benzene rings is 4. The Morgan fingerprint density at radius 1 is 0.444 bits per heavy atom. The Bertz CT molecular complexity index is 1930. The summed E-state index contributed by atoms with van der Waals surface area (Å²) in [7, 11) is 0. The van der Waals surface area contributed by atoms with Crippen LogP contribution < -0.4 is 0 Å². The van der Waals surface area contributed by atoms with Gasteiger partial charge in [-0.05, 0) is 78.9 Å². The van der Waals surface area contributed by atoms with Gasteiger partial charge in [0, 0.05) is 29.2 Å². The molecule has 0 radical (unpaired) electrons. The van der Waals surface area contributed by atoms with Crippen molar-refractivity contribution in [3.8, 4) is 34.4 Å². The van der Waals surface area contributed by atoms with Crippen LogP contribution in [0.3, 0.4) is 0 Å². The van der Waals surface area contributed by atoms with Gasteiger partial charge >= 0.3 is 21.1 Å². The van der Waals surface area contributed by atoms with E-state index < -0.39 is 0 Å². The zero-order valence-electron chi connectivity index (χ0n) is 24.3. The Hall–Kier alpha value is -5.15. The fraction of sp³-hybridized carbons (Fsp3) is 0.100. The molecule has 0 saturated carbocycles. The Labute approximate surface area is 278 Å². The summed E-state index contributed by atoms with van der Waals surface area (Å²) in [5, 5.41) is 18.6. The summed E-state index contributed by atoms with van der Waals surface area (Å²) in [4.78, 5) is 9.98. The second-order valence-electron chi connectivity index (χ2n) is 11.2. The molecule has 1 aliphatic rings. The fourth-order valence-electron chi connectivity index (χ4n) is 5.81. The largest absolute Gasteiger partial charge is 2.00 e. The molecule has 2 aromatic heterocycles. The molecular weight excluding hydrogens is 732 g/mol. The first-order valence-electron chi connectivity index (χ1n) is 14.6. The molecule has 1 aliphatic heterocycles. The fourth-order valence-corrected chi connectivity index (χ4v) is 5.81. The normalized spacial score (nSPS) is 11.9. The summed E-state index contributed by atoms with van der Waals surface area (Å²) in [6.07, 6.45) is 2.61. The molecule has 0 fully saturated rings. The summed E-state index contributed by atoms with van der Waals surface area (Å²) in [6.45, 7) is 0. The van der Waals surface area contributed by atoms with Crippen molar-refractivity contribution in [1.29, 1.82) is 10.5 Å². The van der Waals surface area contributed by atoms with Crippen LogP contribution in [0.1, 0.15) is 56.2 Å². The Morgan fingerprint density at radius 3 is 1.18 bits per heavy atom. The van der Waals surface area contributed by atoms with Crippen molar-refractivity contribution in [1.82, 2.24) is 9.97 Å². The summed E-state index contributed by atoms with van der Waals surface area (Å²) < 4.78 is 0. The predicted octanol–water partition coefficient (Wildman–Crippen LogP) is 7.83. The van der Waals surface area contributed by atoms with E-state index in [0.29, 0.717) is 36.8 Å². The number of hydrogen-bond acceptors (Lipinski definition) is 4. The van der Waals surface area contributed by atoms with Crippen LogP contribution in [-0.2, 0) is 46.7 Å². The minimum atomic E-state index is 0. The van der Waals surface area contributed by atoms with Crippen molar-refractivity contribution in [2.45, 2.75) is 25.7 Å². The molecule has 7 rings (SSSR count). The topological polar surface area (TPSA) is 73.4 Å². The summed E-state index contributed by atoms with van der Waals surface area (Å²) in [5.74, 6) is 0. The Morgan fingerprint density at radius 2 is 0.800 bits per heavy atom. The van der Waals surface area contributed by atoms with Crippen LogP contribution in [0.2, 0.25) is 0 Å². The molecule has 4 aromatic carbocycles. The maximum absolute atomic E-state index is 9.31. The van der Waals surface area contributed by atoms with Gasteiger partial charge in [-0.1, -0.05) is 36.4 Å². The third kappa shape index (κ3) is 6.99. The Kier molecular flexibility index (Phi) is 8.79. The van der Waals surface area contributed by atoms with Crippen molar-refractivity contribution >= 4 is 0 Å². The molecule has 0 N–H and O–H groups in total. The maximum Gasteiger partial charge on any atom is 2.00 e. The van der Waals surface area contributed by atoms with Gasteiger partial charge in [-0.2, -0.15) is 69.2 Å². The van der Waals surface area contributed by atoms with E-state index in [1.165, 1.54) is 0 Å². The molecule has 45 heavy (non-hydrogen) atoms. The molecule has 3 heterocycles. The van der Waals surface area contributed by atoms with E-state index in [-0.39, 0.29) is 21.1 Å². The number of aromatic nitrogens is 2. The zero-order chi connectivity index (χ0) is 29.9. The second kappa shape index (κ2) is 13.2. The average Bonchev–Trinajstić information content (AvgIpc) is 3.04. The molecule has 0 unspecified atom stereocenters. The van der Waals surface area contributed by atoms with Gasteiger partial charge in [0.25, 0.3) is 0 Å². The van der Waals surface area contributed by atoms with Crippen LogP contribution in [0.25, 0.3) is 22.3 Å². The van der Waals surface area contributed by atoms with Crippen molar-refractivity contribution < 1.29 is 21.1 Å². The molecule has 4 nitrogen and oxygen atoms in total. The first-order valence-corrected chi connectivity index (χ1v) is 14.6. The quantitative estimate of drug-likeness (QED) is 0.169. The summed E-state index contributed by atoms with van der Waals surface area (Å²) in [5.41, 5.74) is 13.7. The first kappa shape index (κ1) is 29.9. The Balaban J connectivity index is 0.00000357. The van der Waals surface area contributed by atoms with Gasteiger partial charge in [0.15, 0.2) is 0 Å². The third-order valence-electron chi connectivity index (χ3n) is 7.87. The zero-order valence-corrected chi connectivity index (χ0v) is 26.6. The van der Waals surface area contributed by atoms with E-state index in [0.717, 1.165) is 67.3 Å². The van der Waals surface area contributed by atoms with Crippen LogP contribution in [0.5, 0.6) is 0 Å². The van der Waals surface area contributed by atoms with Crippen LogP contribution in [0.4, 0.5) is 0 Å². The molecule has 6 aromatic rings. The van der Waals surface area contributed by atoms with Crippen molar-refractivity contribution in [2.24, 2.45) is 0 Å². The minimum Gasteiger partial charge on any atom is -0.257 e. The van der Waals surface area contributed by atoms with Gasteiger partial charge in [-0.15, -0.1) is 11.1 Å². The van der Waals surface area contributed by atoms with Gasteiger partial charge in [0.1, 0.15) is 0 Å². The smallest absolute Gasteiger partial charge is 0.257 e. The van der Waals surface area contributed by atoms with E-state index in [2.05, 4.69) is 84.9 Å². The number of fused-ring (bicyclic) bond motifs is 8. The maximum atomic E-state index is 9.31. The predicted molar refractivity (Wildman–Crippen MR) is 171 cm³/mol. The summed E-state index contributed by atoms with van der Waals surface area (Å²) >= 11 is 0. The molecule has 0 spiro atoms. The monoisotopic (exact) mass is 757 g/mol. The molecule has 0 aliphatic carbocycles. The molecule has 5 heteroatoms. The number of pyridine rings is 2. The molecule has 0 amide bonds. The standard InChI is InChI=1S/C40H26N4.Pt/c41-25-27-7-11-33(12-8-27)35-18-29-15-30-17-32(21-36(19-30)34-13-9-28(26-42)10-14-34)23-38-4-2-6-40(44-38)24-39-5-1-3-37(43-39)22-31(16-29)20-35;/h1-14,18-21H,15,22-24H2;/q-2;+2. The van der Waals surface area contributed by atoms with Gasteiger partial charge in [-0.25, -0.2) is 0 Å². The molecule has 8 bridgehead atoms. The number of hydrogen-bond donors (Lipinski definition) is 0. The van der Waals surface area contributed by atoms with E-state index in [9.17, 15) is 10.5 Å². The van der Waals surface area contributed by atoms with E-state index in [1.807, 2.05) is 48.5 Å². The second-order valence-corrected chi connectivity index (χ2v) is 11.2. The van der Waals surface area contributed by atoms with Gasteiger partial charge in [0.2, 0.25) is 0 Å². The molecule has 216 valence electrons.